The highest BCUT2D eigenvalue weighted by molar-refractivity contribution is 5.79. The van der Waals surface area contributed by atoms with Gasteiger partial charge >= 0.3 is 0 Å². The second-order valence-corrected chi connectivity index (χ2v) is 7.45. The van der Waals surface area contributed by atoms with Crippen LogP contribution in [0.25, 0.3) is 0 Å². The number of ether oxygens (including phenoxy) is 1. The second kappa shape index (κ2) is 12.0. The Kier molecular flexibility index (Phi) is 9.61. The molecule has 0 aromatic carbocycles. The third-order valence-electron chi connectivity index (χ3n) is 5.19. The molecule has 2 unspecified atom stereocenters. The van der Waals surface area contributed by atoms with Crippen molar-refractivity contribution >= 4 is 5.96 Å². The average Bonchev–Trinajstić information content (AvgIpc) is 3.34. The van der Waals surface area contributed by atoms with E-state index in [2.05, 4.69) is 31.1 Å². The van der Waals surface area contributed by atoms with Gasteiger partial charge in [-0.1, -0.05) is 33.1 Å². The van der Waals surface area contributed by atoms with Crippen LogP contribution in [-0.4, -0.2) is 50.8 Å². The number of rotatable bonds is 11. The Bertz CT molecular complexity index is 495. The van der Waals surface area contributed by atoms with E-state index in [1.165, 1.54) is 25.7 Å². The van der Waals surface area contributed by atoms with Crippen molar-refractivity contribution in [3.63, 3.8) is 0 Å². The molecule has 0 spiro atoms. The lowest BCUT2D eigenvalue weighted by Gasteiger charge is -2.25. The van der Waals surface area contributed by atoms with Crippen molar-refractivity contribution in [2.75, 3.05) is 39.9 Å². The van der Waals surface area contributed by atoms with Crippen LogP contribution in [0.5, 0.6) is 0 Å². The first kappa shape index (κ1) is 20.8. The Morgan fingerprint density at radius 2 is 2.31 bits per heavy atom. The normalized spacial score (nSPS) is 18.9. The van der Waals surface area contributed by atoms with Gasteiger partial charge in [-0.05, 0) is 30.9 Å². The van der Waals surface area contributed by atoms with E-state index in [1.807, 2.05) is 12.1 Å². The van der Waals surface area contributed by atoms with Crippen LogP contribution < -0.4 is 5.32 Å². The molecule has 0 aliphatic carbocycles. The van der Waals surface area contributed by atoms with Crippen LogP contribution in [0.1, 0.15) is 51.7 Å². The number of nitrogens with one attached hydrogen (secondary N) is 1. The van der Waals surface area contributed by atoms with E-state index in [0.717, 1.165) is 57.4 Å². The lowest BCUT2D eigenvalue weighted by Crippen LogP contribution is -2.42. The summed E-state index contributed by atoms with van der Waals surface area (Å²) in [6.07, 6.45) is 8.79. The molecule has 1 N–H and O–H groups in total. The number of furan rings is 1. The molecule has 1 aromatic rings. The molecule has 2 atom stereocenters. The van der Waals surface area contributed by atoms with Crippen molar-refractivity contribution in [3.8, 4) is 0 Å². The van der Waals surface area contributed by atoms with Gasteiger partial charge in [0, 0.05) is 45.6 Å². The van der Waals surface area contributed by atoms with E-state index in [1.54, 1.807) is 6.26 Å². The zero-order chi connectivity index (χ0) is 18.6. The maximum Gasteiger partial charge on any atom is 0.193 e. The smallest absolute Gasteiger partial charge is 0.193 e. The molecule has 26 heavy (non-hydrogen) atoms. The minimum Gasteiger partial charge on any atom is -0.469 e. The van der Waals surface area contributed by atoms with Crippen molar-refractivity contribution in [3.05, 3.63) is 24.2 Å². The lowest BCUT2D eigenvalue weighted by atomic mass is 10.00. The van der Waals surface area contributed by atoms with Crippen molar-refractivity contribution in [2.24, 2.45) is 16.8 Å². The summed E-state index contributed by atoms with van der Waals surface area (Å²) in [6.45, 7) is 9.05. The van der Waals surface area contributed by atoms with Crippen LogP contribution in [0.15, 0.2) is 27.8 Å². The van der Waals surface area contributed by atoms with E-state index in [4.69, 9.17) is 14.1 Å². The lowest BCUT2D eigenvalue weighted by molar-refractivity contribution is 0.181. The van der Waals surface area contributed by atoms with Crippen molar-refractivity contribution < 1.29 is 9.15 Å². The van der Waals surface area contributed by atoms with E-state index in [0.29, 0.717) is 11.8 Å². The largest absolute Gasteiger partial charge is 0.469 e. The fourth-order valence-corrected chi connectivity index (χ4v) is 3.40. The van der Waals surface area contributed by atoms with Gasteiger partial charge in [-0.2, -0.15) is 0 Å². The highest BCUT2D eigenvalue weighted by atomic mass is 16.5. The van der Waals surface area contributed by atoms with Crippen molar-refractivity contribution in [2.45, 2.75) is 52.4 Å². The fourth-order valence-electron chi connectivity index (χ4n) is 3.40. The summed E-state index contributed by atoms with van der Waals surface area (Å²) in [5.74, 6) is 3.32. The van der Waals surface area contributed by atoms with E-state index >= 15 is 0 Å². The van der Waals surface area contributed by atoms with Crippen LogP contribution >= 0.6 is 0 Å². The van der Waals surface area contributed by atoms with Crippen LogP contribution in [0.4, 0.5) is 0 Å². The Labute approximate surface area is 159 Å². The summed E-state index contributed by atoms with van der Waals surface area (Å²) in [5, 5.41) is 3.54. The molecule has 1 aliphatic rings. The molecule has 0 bridgehead atoms. The molecule has 2 rings (SSSR count). The number of aliphatic imine (C=N–C) groups is 1. The van der Waals surface area contributed by atoms with Gasteiger partial charge in [-0.25, -0.2) is 0 Å². The van der Waals surface area contributed by atoms with Crippen LogP contribution in [0.2, 0.25) is 0 Å². The Hall–Kier alpha value is -1.49. The van der Waals surface area contributed by atoms with Gasteiger partial charge in [0.25, 0.3) is 0 Å². The summed E-state index contributed by atoms with van der Waals surface area (Å²) in [6, 6.07) is 3.96. The summed E-state index contributed by atoms with van der Waals surface area (Å²) >= 11 is 0. The highest BCUT2D eigenvalue weighted by Crippen LogP contribution is 2.15. The Morgan fingerprint density at radius 3 is 2.96 bits per heavy atom. The first-order chi connectivity index (χ1) is 12.7. The van der Waals surface area contributed by atoms with E-state index in [9.17, 15) is 0 Å². The maximum absolute atomic E-state index is 5.53. The minimum atomic E-state index is 0.610. The molecule has 148 valence electrons. The molecule has 2 heterocycles. The monoisotopic (exact) mass is 363 g/mol. The molecule has 1 aliphatic heterocycles. The Balaban J connectivity index is 1.90. The molecular formula is C21H37N3O2. The quantitative estimate of drug-likeness (QED) is 0.478. The average molecular weight is 364 g/mol. The minimum absolute atomic E-state index is 0.610. The third kappa shape index (κ3) is 7.40. The van der Waals surface area contributed by atoms with Crippen molar-refractivity contribution in [1.82, 2.24) is 10.2 Å². The van der Waals surface area contributed by atoms with Crippen LogP contribution in [0.3, 0.4) is 0 Å². The standard InChI is InChI=1S/C21H37N3O2/c1-4-6-8-18(5-2)15-23-21(22-12-10-20-9-7-13-26-20)24(3)16-19-11-14-25-17-19/h7,9,13,18-19H,4-6,8,10-12,14-17H2,1-3H3,(H,22,23). The number of nitrogens with zero attached hydrogens (tertiary/aromatic N) is 2. The van der Waals surface area contributed by atoms with Gasteiger partial charge < -0.3 is 19.4 Å². The van der Waals surface area contributed by atoms with E-state index < -0.39 is 0 Å². The van der Waals surface area contributed by atoms with E-state index in [-0.39, 0.29) is 0 Å². The SMILES string of the molecule is CCCCC(CC)CN=C(NCCc1ccco1)N(C)CC1CCOC1. The summed E-state index contributed by atoms with van der Waals surface area (Å²) in [7, 11) is 2.14. The number of hydrogen-bond acceptors (Lipinski definition) is 3. The van der Waals surface area contributed by atoms with Crippen molar-refractivity contribution in [1.29, 1.82) is 0 Å². The first-order valence-corrected chi connectivity index (χ1v) is 10.3. The molecule has 0 saturated carbocycles. The van der Waals surface area contributed by atoms with Gasteiger partial charge in [-0.15, -0.1) is 0 Å². The Morgan fingerprint density at radius 1 is 1.42 bits per heavy atom. The first-order valence-electron chi connectivity index (χ1n) is 10.3. The number of hydrogen-bond donors (Lipinski definition) is 1. The summed E-state index contributed by atoms with van der Waals surface area (Å²) in [4.78, 5) is 7.24. The molecule has 5 heteroatoms. The van der Waals surface area contributed by atoms with Crippen LogP contribution in [0, 0.1) is 11.8 Å². The fraction of sp³-hybridized carbons (Fsp3) is 0.762. The van der Waals surface area contributed by atoms with Crippen LogP contribution in [-0.2, 0) is 11.2 Å². The molecule has 0 radical (unpaired) electrons. The number of guanidine groups is 1. The van der Waals surface area contributed by atoms with Gasteiger partial charge in [-0.3, -0.25) is 4.99 Å². The zero-order valence-corrected chi connectivity index (χ0v) is 16.9. The predicted octanol–water partition coefficient (Wildman–Crippen LogP) is 3.95. The number of unbranched alkanes of at least 4 members (excludes halogenated alkanes) is 1. The highest BCUT2D eigenvalue weighted by Gasteiger charge is 2.19. The molecule has 1 aromatic heterocycles. The third-order valence-corrected chi connectivity index (χ3v) is 5.19. The molecule has 5 nitrogen and oxygen atoms in total. The summed E-state index contributed by atoms with van der Waals surface area (Å²) < 4.78 is 11.0. The topological polar surface area (TPSA) is 50.0 Å². The van der Waals surface area contributed by atoms with Gasteiger partial charge in [0.1, 0.15) is 5.76 Å². The van der Waals surface area contributed by atoms with Gasteiger partial charge in [0.15, 0.2) is 5.96 Å². The zero-order valence-electron chi connectivity index (χ0n) is 16.9. The molecule has 1 fully saturated rings. The maximum atomic E-state index is 5.53. The molecule has 1 saturated heterocycles. The molecule has 0 amide bonds. The molecular weight excluding hydrogens is 326 g/mol. The van der Waals surface area contributed by atoms with Gasteiger partial charge in [0.05, 0.1) is 12.9 Å². The summed E-state index contributed by atoms with van der Waals surface area (Å²) in [5.41, 5.74) is 0. The second-order valence-electron chi connectivity index (χ2n) is 7.45. The van der Waals surface area contributed by atoms with Gasteiger partial charge in [0.2, 0.25) is 0 Å². The predicted molar refractivity (Wildman–Crippen MR) is 108 cm³/mol.